The number of phenols is 2. The Morgan fingerprint density at radius 1 is 1.03 bits per heavy atom. The highest BCUT2D eigenvalue weighted by molar-refractivity contribution is 5.95. The van der Waals surface area contributed by atoms with Crippen molar-refractivity contribution >= 4 is 22.5 Å². The smallest absolute Gasteiger partial charge is 0.254 e. The van der Waals surface area contributed by atoms with Crippen molar-refractivity contribution in [2.45, 2.75) is 20.4 Å². The molecule has 0 aliphatic carbocycles. The van der Waals surface area contributed by atoms with Gasteiger partial charge in [0.05, 0.1) is 11.7 Å². The first-order valence-electron chi connectivity index (χ1n) is 9.94. The van der Waals surface area contributed by atoms with Crippen molar-refractivity contribution in [2.75, 3.05) is 31.1 Å². The normalized spacial score (nSPS) is 14.7. The number of fused-ring (bicyclic) bond motifs is 1. The summed E-state index contributed by atoms with van der Waals surface area (Å²) in [6, 6.07) is 10.6. The molecule has 3 aromatic rings. The van der Waals surface area contributed by atoms with Crippen molar-refractivity contribution in [1.29, 1.82) is 0 Å². The van der Waals surface area contributed by atoms with E-state index in [1.165, 1.54) is 18.2 Å². The zero-order valence-electron chi connectivity index (χ0n) is 16.7. The van der Waals surface area contributed by atoms with E-state index in [1.54, 1.807) is 4.90 Å². The summed E-state index contributed by atoms with van der Waals surface area (Å²) in [4.78, 5) is 16.7. The lowest BCUT2D eigenvalue weighted by molar-refractivity contribution is 0.0746. The van der Waals surface area contributed by atoms with E-state index in [2.05, 4.69) is 42.0 Å². The molecule has 29 heavy (non-hydrogen) atoms. The van der Waals surface area contributed by atoms with Gasteiger partial charge in [0.2, 0.25) is 0 Å². The molecule has 2 aromatic carbocycles. The molecule has 0 atom stereocenters. The number of carbonyl (C=O) groups excluding carboxylic acids is 1. The van der Waals surface area contributed by atoms with Gasteiger partial charge in [-0.3, -0.25) is 9.48 Å². The van der Waals surface area contributed by atoms with E-state index >= 15 is 0 Å². The summed E-state index contributed by atoms with van der Waals surface area (Å²) < 4.78 is 2.05. The van der Waals surface area contributed by atoms with Crippen LogP contribution in [0.1, 0.15) is 24.2 Å². The van der Waals surface area contributed by atoms with Crippen LogP contribution in [0.4, 0.5) is 5.69 Å². The molecule has 1 aromatic heterocycles. The molecule has 2 heterocycles. The molecule has 1 aliphatic heterocycles. The average Bonchev–Trinajstić information content (AvgIpc) is 3.11. The van der Waals surface area contributed by atoms with Gasteiger partial charge >= 0.3 is 0 Å². The molecule has 0 bridgehead atoms. The maximum Gasteiger partial charge on any atom is 0.254 e. The molecule has 2 N–H and O–H groups in total. The summed E-state index contributed by atoms with van der Waals surface area (Å²) in [5.41, 5.74) is 2.66. The molecule has 0 radical (unpaired) electrons. The Bertz CT molecular complexity index is 1040. The van der Waals surface area contributed by atoms with Crippen LogP contribution in [0.5, 0.6) is 11.5 Å². The van der Waals surface area contributed by atoms with Crippen LogP contribution in [0.15, 0.2) is 42.6 Å². The van der Waals surface area contributed by atoms with Crippen LogP contribution in [0.3, 0.4) is 0 Å². The summed E-state index contributed by atoms with van der Waals surface area (Å²) in [5.74, 6) is -0.0940. The van der Waals surface area contributed by atoms with E-state index in [-0.39, 0.29) is 17.4 Å². The summed E-state index contributed by atoms with van der Waals surface area (Å²) in [6.45, 7) is 7.94. The molecular formula is C22H26N4O3. The highest BCUT2D eigenvalue weighted by Crippen LogP contribution is 2.27. The van der Waals surface area contributed by atoms with Gasteiger partial charge in [0.1, 0.15) is 0 Å². The van der Waals surface area contributed by atoms with Crippen LogP contribution < -0.4 is 4.90 Å². The van der Waals surface area contributed by atoms with E-state index in [1.807, 2.05) is 10.9 Å². The van der Waals surface area contributed by atoms with Gasteiger partial charge in [-0.15, -0.1) is 0 Å². The van der Waals surface area contributed by atoms with Crippen molar-refractivity contribution < 1.29 is 15.0 Å². The maximum absolute atomic E-state index is 12.7. The second-order valence-electron chi connectivity index (χ2n) is 7.95. The Morgan fingerprint density at radius 2 is 1.79 bits per heavy atom. The van der Waals surface area contributed by atoms with Gasteiger partial charge in [-0.05, 0) is 42.3 Å². The van der Waals surface area contributed by atoms with E-state index in [0.717, 1.165) is 36.2 Å². The lowest BCUT2D eigenvalue weighted by atomic mass is 10.1. The molecule has 1 amide bonds. The first-order valence-corrected chi connectivity index (χ1v) is 9.94. The third kappa shape index (κ3) is 3.85. The number of rotatable bonds is 4. The SMILES string of the molecule is CC(C)Cn1ncc2cc(N3CCN(C(=O)c4ccc(O)c(O)c4)CC3)ccc21. The maximum atomic E-state index is 12.7. The number of aromatic hydroxyl groups is 2. The fraction of sp³-hybridized carbons (Fsp3) is 0.364. The first kappa shape index (κ1) is 19.1. The molecule has 0 unspecified atom stereocenters. The summed E-state index contributed by atoms with van der Waals surface area (Å²) >= 11 is 0. The lowest BCUT2D eigenvalue weighted by Crippen LogP contribution is -2.48. The molecule has 152 valence electrons. The van der Waals surface area contributed by atoms with Crippen molar-refractivity contribution in [3.05, 3.63) is 48.2 Å². The summed E-state index contributed by atoms with van der Waals surface area (Å²) in [6.07, 6.45) is 1.91. The molecule has 7 nitrogen and oxygen atoms in total. The second-order valence-corrected chi connectivity index (χ2v) is 7.95. The molecule has 1 saturated heterocycles. The molecule has 1 fully saturated rings. The van der Waals surface area contributed by atoms with Gasteiger partial charge in [-0.25, -0.2) is 0 Å². The molecule has 1 aliphatic rings. The molecule has 0 saturated carbocycles. The van der Waals surface area contributed by atoms with Gasteiger partial charge in [-0.2, -0.15) is 5.10 Å². The third-order valence-electron chi connectivity index (χ3n) is 5.32. The van der Waals surface area contributed by atoms with Gasteiger partial charge in [0.15, 0.2) is 11.5 Å². The number of carbonyl (C=O) groups is 1. The average molecular weight is 394 g/mol. The zero-order valence-corrected chi connectivity index (χ0v) is 16.7. The van der Waals surface area contributed by atoms with Crippen LogP contribution in [-0.4, -0.2) is 57.0 Å². The highest BCUT2D eigenvalue weighted by Gasteiger charge is 2.23. The number of amides is 1. The van der Waals surface area contributed by atoms with E-state index in [9.17, 15) is 15.0 Å². The Morgan fingerprint density at radius 3 is 2.48 bits per heavy atom. The van der Waals surface area contributed by atoms with Gasteiger partial charge in [-0.1, -0.05) is 13.8 Å². The molecule has 7 heteroatoms. The number of phenolic OH excluding ortho intramolecular Hbond substituents is 2. The van der Waals surface area contributed by atoms with Gasteiger partial charge < -0.3 is 20.0 Å². The van der Waals surface area contributed by atoms with Crippen LogP contribution in [0, 0.1) is 5.92 Å². The minimum absolute atomic E-state index is 0.134. The van der Waals surface area contributed by atoms with Gasteiger partial charge in [0, 0.05) is 49.4 Å². The number of hydrogen-bond donors (Lipinski definition) is 2. The van der Waals surface area contributed by atoms with E-state index in [4.69, 9.17) is 0 Å². The highest BCUT2D eigenvalue weighted by atomic mass is 16.3. The number of benzene rings is 2. The van der Waals surface area contributed by atoms with Crippen LogP contribution >= 0.6 is 0 Å². The minimum Gasteiger partial charge on any atom is -0.504 e. The van der Waals surface area contributed by atoms with Crippen molar-refractivity contribution in [2.24, 2.45) is 5.92 Å². The van der Waals surface area contributed by atoms with Crippen LogP contribution in [0.25, 0.3) is 10.9 Å². The minimum atomic E-state index is -0.277. The lowest BCUT2D eigenvalue weighted by Gasteiger charge is -2.36. The first-order chi connectivity index (χ1) is 13.9. The Labute approximate surface area is 169 Å². The predicted octanol–water partition coefficient (Wildman–Crippen LogP) is 3.07. The number of nitrogens with zero attached hydrogens (tertiary/aromatic N) is 4. The van der Waals surface area contributed by atoms with Gasteiger partial charge in [0.25, 0.3) is 5.91 Å². The van der Waals surface area contributed by atoms with Crippen molar-refractivity contribution in [1.82, 2.24) is 14.7 Å². The van der Waals surface area contributed by atoms with Crippen LogP contribution in [0.2, 0.25) is 0 Å². The monoisotopic (exact) mass is 394 g/mol. The third-order valence-corrected chi connectivity index (χ3v) is 5.32. The van der Waals surface area contributed by atoms with E-state index in [0.29, 0.717) is 24.6 Å². The van der Waals surface area contributed by atoms with E-state index < -0.39 is 0 Å². The standard InChI is InChI=1S/C22H26N4O3/c1-15(2)14-26-19-5-4-18(11-17(19)13-23-26)24-7-9-25(10-8-24)22(29)16-3-6-20(27)21(28)12-16/h3-6,11-13,15,27-28H,7-10,14H2,1-2H3. The molecule has 4 rings (SSSR count). The molecule has 0 spiro atoms. The quantitative estimate of drug-likeness (QED) is 0.665. The van der Waals surface area contributed by atoms with Crippen LogP contribution in [-0.2, 0) is 6.54 Å². The Kier molecular flexibility index (Phi) is 5.05. The summed E-state index contributed by atoms with van der Waals surface area (Å²) in [7, 11) is 0. The fourth-order valence-corrected chi connectivity index (χ4v) is 3.77. The number of aromatic nitrogens is 2. The van der Waals surface area contributed by atoms with Crippen molar-refractivity contribution in [3.63, 3.8) is 0 Å². The number of hydrogen-bond acceptors (Lipinski definition) is 5. The topological polar surface area (TPSA) is 81.8 Å². The van der Waals surface area contributed by atoms with Crippen molar-refractivity contribution in [3.8, 4) is 11.5 Å². The zero-order chi connectivity index (χ0) is 20.5. The Hall–Kier alpha value is -3.22. The largest absolute Gasteiger partial charge is 0.504 e. The number of anilines is 1. The second kappa shape index (κ2) is 7.66. The fourth-order valence-electron chi connectivity index (χ4n) is 3.77. The number of piperazine rings is 1. The summed E-state index contributed by atoms with van der Waals surface area (Å²) in [5, 5.41) is 24.7. The Balaban J connectivity index is 1.44. The molecular weight excluding hydrogens is 368 g/mol. The predicted molar refractivity (Wildman–Crippen MR) is 112 cm³/mol.